The lowest BCUT2D eigenvalue weighted by molar-refractivity contribution is -0.115. The van der Waals surface area contributed by atoms with Crippen LogP contribution in [0.15, 0.2) is 48.5 Å². The highest BCUT2D eigenvalue weighted by Crippen LogP contribution is 2.37. The van der Waals surface area contributed by atoms with Crippen molar-refractivity contribution in [1.29, 1.82) is 5.26 Å². The van der Waals surface area contributed by atoms with Crippen LogP contribution in [0, 0.1) is 17.1 Å². The van der Waals surface area contributed by atoms with Crippen molar-refractivity contribution < 1.29 is 9.18 Å². The number of hydrogen-bond acceptors (Lipinski definition) is 6. The Hall–Kier alpha value is -2.86. The minimum atomic E-state index is -0.242. The zero-order valence-corrected chi connectivity index (χ0v) is 19.3. The zero-order chi connectivity index (χ0) is 22.5. The zero-order valence-electron chi connectivity index (χ0n) is 17.7. The number of anilines is 2. The van der Waals surface area contributed by atoms with Crippen LogP contribution in [-0.4, -0.2) is 23.6 Å². The quantitative estimate of drug-likeness (QED) is 0.469. The summed E-state index contributed by atoms with van der Waals surface area (Å²) in [5, 5.41) is 13.4. The van der Waals surface area contributed by atoms with E-state index in [0.29, 0.717) is 23.7 Å². The molecule has 4 rings (SSSR count). The Balaban J connectivity index is 1.43. The third-order valence-electron chi connectivity index (χ3n) is 5.33. The number of fused-ring (bicyclic) bond motifs is 1. The molecule has 0 spiro atoms. The van der Waals surface area contributed by atoms with E-state index in [1.807, 2.05) is 36.6 Å². The van der Waals surface area contributed by atoms with Gasteiger partial charge in [-0.1, -0.05) is 36.2 Å². The maximum Gasteiger partial charge on any atom is 0.229 e. The van der Waals surface area contributed by atoms with Crippen molar-refractivity contribution in [3.05, 3.63) is 81.5 Å². The smallest absolute Gasteiger partial charge is 0.229 e. The van der Waals surface area contributed by atoms with Gasteiger partial charge < -0.3 is 10.0 Å². The fraction of sp³-hybridized carbons (Fsp3) is 0.250. The third-order valence-corrected chi connectivity index (χ3v) is 6.97. The van der Waals surface area contributed by atoms with Gasteiger partial charge in [0.25, 0.3) is 0 Å². The van der Waals surface area contributed by atoms with Crippen LogP contribution in [0.5, 0.6) is 0 Å². The lowest BCUT2D eigenvalue weighted by Gasteiger charge is -2.27. The summed E-state index contributed by atoms with van der Waals surface area (Å²) >= 11 is 3.01. The van der Waals surface area contributed by atoms with Gasteiger partial charge >= 0.3 is 0 Å². The lowest BCUT2D eigenvalue weighted by Crippen LogP contribution is -2.29. The predicted octanol–water partition coefficient (Wildman–Crippen LogP) is 5.19. The third kappa shape index (κ3) is 5.30. The minimum Gasteiger partial charge on any atom is -0.330 e. The first kappa shape index (κ1) is 22.3. The first-order valence-electron chi connectivity index (χ1n) is 10.2. The summed E-state index contributed by atoms with van der Waals surface area (Å²) in [4.78, 5) is 16.0. The molecule has 0 aliphatic carbocycles. The van der Waals surface area contributed by atoms with Crippen LogP contribution in [0.25, 0.3) is 0 Å². The first-order valence-corrected chi connectivity index (χ1v) is 12.3. The van der Waals surface area contributed by atoms with Crippen LogP contribution >= 0.6 is 23.3 Å². The second-order valence-electron chi connectivity index (χ2n) is 7.64. The molecule has 0 saturated heterocycles. The summed E-state index contributed by atoms with van der Waals surface area (Å²) in [6, 6.07) is 16.6. The van der Waals surface area contributed by atoms with E-state index < -0.39 is 0 Å². The molecule has 0 saturated carbocycles. The van der Waals surface area contributed by atoms with Crippen molar-refractivity contribution in [2.45, 2.75) is 25.9 Å². The molecule has 2 aromatic carbocycles. The molecule has 0 atom stereocenters. The van der Waals surface area contributed by atoms with E-state index in [1.54, 1.807) is 12.1 Å². The van der Waals surface area contributed by atoms with Gasteiger partial charge in [-0.05, 0) is 41.8 Å². The number of thiophene rings is 1. The van der Waals surface area contributed by atoms with Gasteiger partial charge in [-0.15, -0.1) is 11.3 Å². The van der Waals surface area contributed by atoms with Gasteiger partial charge in [0.15, 0.2) is 0 Å². The number of halogens is 1. The van der Waals surface area contributed by atoms with E-state index in [1.165, 1.54) is 29.4 Å². The molecule has 0 radical (unpaired) electrons. The lowest BCUT2D eigenvalue weighted by atomic mass is 10.0. The van der Waals surface area contributed by atoms with Crippen molar-refractivity contribution in [2.24, 2.45) is 0 Å². The Morgan fingerprint density at radius 3 is 2.78 bits per heavy atom. The van der Waals surface area contributed by atoms with Gasteiger partial charge in [-0.2, -0.15) is 5.26 Å². The second-order valence-corrected chi connectivity index (χ2v) is 9.36. The minimum absolute atomic E-state index is 0.137. The molecular weight excluding hydrogens is 443 g/mol. The number of carbonyl (C=O) groups is 1. The Morgan fingerprint density at radius 1 is 1.25 bits per heavy atom. The van der Waals surface area contributed by atoms with E-state index in [4.69, 9.17) is 0 Å². The Bertz CT molecular complexity index is 1150. The Morgan fingerprint density at radius 2 is 2.06 bits per heavy atom. The number of hydrogen-bond donors (Lipinski definition) is 2. The molecule has 1 aliphatic rings. The fourth-order valence-corrected chi connectivity index (χ4v) is 5.38. The molecule has 0 bridgehead atoms. The molecule has 8 heteroatoms. The number of carbonyl (C=O) groups excluding carboxylic acids is 1. The van der Waals surface area contributed by atoms with Gasteiger partial charge in [0.05, 0.1) is 12.0 Å². The van der Waals surface area contributed by atoms with E-state index in [0.717, 1.165) is 40.2 Å². The number of nitrogens with zero attached hydrogens (tertiary/aromatic N) is 2. The second kappa shape index (κ2) is 10.2. The molecule has 5 nitrogen and oxygen atoms in total. The summed E-state index contributed by atoms with van der Waals surface area (Å²) in [6.45, 7) is 2.07. The molecule has 3 aromatic rings. The predicted molar refractivity (Wildman–Crippen MR) is 129 cm³/mol. The highest BCUT2D eigenvalue weighted by molar-refractivity contribution is 7.99. The van der Waals surface area contributed by atoms with Crippen LogP contribution in [0.1, 0.15) is 27.1 Å². The van der Waals surface area contributed by atoms with Gasteiger partial charge in [0, 0.05) is 42.0 Å². The van der Waals surface area contributed by atoms with Gasteiger partial charge in [-0.3, -0.25) is 9.69 Å². The largest absolute Gasteiger partial charge is 0.330 e. The SMILES string of the molecule is CSNc1ccc(CC(=O)Nc2sc3c(c2C#N)CN(Cc2cccc(F)c2)CC3)cc1. The number of benzene rings is 2. The van der Waals surface area contributed by atoms with Crippen molar-refractivity contribution in [2.75, 3.05) is 22.8 Å². The maximum absolute atomic E-state index is 13.5. The molecule has 1 aliphatic heterocycles. The topological polar surface area (TPSA) is 68.2 Å². The molecule has 2 N–H and O–H groups in total. The van der Waals surface area contributed by atoms with Crippen molar-refractivity contribution in [3.63, 3.8) is 0 Å². The average molecular weight is 467 g/mol. The molecule has 2 heterocycles. The molecule has 1 aromatic heterocycles. The average Bonchev–Trinajstić information content (AvgIpc) is 3.11. The Labute approximate surface area is 195 Å². The van der Waals surface area contributed by atoms with Gasteiger partial charge in [-0.25, -0.2) is 4.39 Å². The van der Waals surface area contributed by atoms with Gasteiger partial charge in [0.2, 0.25) is 5.91 Å². The maximum atomic E-state index is 13.5. The molecular formula is C24H23FN4OS2. The molecule has 1 amide bonds. The van der Waals surface area contributed by atoms with Gasteiger partial charge in [0.1, 0.15) is 16.9 Å². The molecule has 164 valence electrons. The molecule has 0 unspecified atom stereocenters. The summed E-state index contributed by atoms with van der Waals surface area (Å²) in [5.41, 5.74) is 4.33. The normalized spacial score (nSPS) is 13.3. The van der Waals surface area contributed by atoms with Crippen molar-refractivity contribution in [1.82, 2.24) is 4.90 Å². The number of nitrogens with one attached hydrogen (secondary N) is 2. The highest BCUT2D eigenvalue weighted by atomic mass is 32.2. The van der Waals surface area contributed by atoms with Crippen LogP contribution in [0.2, 0.25) is 0 Å². The van der Waals surface area contributed by atoms with E-state index in [9.17, 15) is 14.4 Å². The summed E-state index contributed by atoms with van der Waals surface area (Å²) in [6.07, 6.45) is 3.01. The van der Waals surface area contributed by atoms with Crippen LogP contribution in [0.3, 0.4) is 0 Å². The van der Waals surface area contributed by atoms with Crippen LogP contribution in [-0.2, 0) is 30.7 Å². The molecule has 0 fully saturated rings. The monoisotopic (exact) mass is 466 g/mol. The molecule has 32 heavy (non-hydrogen) atoms. The Kier molecular flexibility index (Phi) is 7.10. The van der Waals surface area contributed by atoms with Crippen molar-refractivity contribution >= 4 is 39.9 Å². The highest BCUT2D eigenvalue weighted by Gasteiger charge is 2.25. The van der Waals surface area contributed by atoms with E-state index in [2.05, 4.69) is 21.0 Å². The summed E-state index contributed by atoms with van der Waals surface area (Å²) in [7, 11) is 0. The summed E-state index contributed by atoms with van der Waals surface area (Å²) in [5.74, 6) is -0.379. The van der Waals surface area contributed by atoms with Crippen LogP contribution in [0.4, 0.5) is 15.1 Å². The number of nitriles is 1. The van der Waals surface area contributed by atoms with E-state index in [-0.39, 0.29) is 18.1 Å². The first-order chi connectivity index (χ1) is 15.6. The number of amides is 1. The van der Waals surface area contributed by atoms with E-state index >= 15 is 0 Å². The fourth-order valence-electron chi connectivity index (χ4n) is 3.84. The van der Waals surface area contributed by atoms with Crippen LogP contribution < -0.4 is 10.0 Å². The summed E-state index contributed by atoms with van der Waals surface area (Å²) < 4.78 is 16.7. The number of rotatable bonds is 7. The standard InChI is InChI=1S/C24H23FN4OS2/c1-31-28-19-7-5-16(6-8-19)12-23(30)27-24-20(13-26)21-15-29(10-9-22(21)32-24)14-17-3-2-4-18(25)11-17/h2-8,11,28H,9-10,12,14-15H2,1H3,(H,27,30). The van der Waals surface area contributed by atoms with Crippen molar-refractivity contribution in [3.8, 4) is 6.07 Å².